The summed E-state index contributed by atoms with van der Waals surface area (Å²) in [5.74, 6) is 0.278. The largest absolute Gasteiger partial charge is 0.299 e. The molecule has 0 bridgehead atoms. The lowest BCUT2D eigenvalue weighted by Crippen LogP contribution is -2.19. The van der Waals surface area contributed by atoms with Crippen LogP contribution in [0.5, 0.6) is 0 Å². The van der Waals surface area contributed by atoms with E-state index in [1.54, 1.807) is 6.92 Å². The zero-order chi connectivity index (χ0) is 6.78. The summed E-state index contributed by atoms with van der Waals surface area (Å²) in [5, 5.41) is 0. The lowest BCUT2D eigenvalue weighted by atomic mass is 9.86. The molecule has 1 nitrogen and oxygen atoms in total. The zero-order valence-corrected chi connectivity index (χ0v) is 6.12. The standard InChI is InChI=1S/C7H14O/c1-5-7(3,4)6(2)8/h5H2,1-4H3. The highest BCUT2D eigenvalue weighted by atomic mass is 16.1. The fourth-order valence-electron chi connectivity index (χ4n) is 0.249. The lowest BCUT2D eigenvalue weighted by Gasteiger charge is -2.17. The first-order chi connectivity index (χ1) is 3.50. The first-order valence-electron chi connectivity index (χ1n) is 3.01. The number of carbonyl (C=O) groups is 1. The maximum atomic E-state index is 10.7. The molecule has 0 atom stereocenters. The molecule has 8 heavy (non-hydrogen) atoms. The van der Waals surface area contributed by atoms with Crippen molar-refractivity contribution in [2.45, 2.75) is 34.1 Å². The Labute approximate surface area is 51.1 Å². The Hall–Kier alpha value is -0.330. The van der Waals surface area contributed by atoms with Crippen molar-refractivity contribution in [3.05, 3.63) is 0 Å². The van der Waals surface area contributed by atoms with Gasteiger partial charge in [-0.2, -0.15) is 0 Å². The SMILES string of the molecule is CCC(C)(C)C(C)=O. The van der Waals surface area contributed by atoms with Crippen molar-refractivity contribution < 1.29 is 4.79 Å². The van der Waals surface area contributed by atoms with Gasteiger partial charge in [0.1, 0.15) is 5.78 Å². The average Bonchev–Trinajstić information content (AvgIpc) is 1.67. The Morgan fingerprint density at radius 3 is 1.88 bits per heavy atom. The predicted octanol–water partition coefficient (Wildman–Crippen LogP) is 2.01. The second kappa shape index (κ2) is 2.29. The third-order valence-corrected chi connectivity index (χ3v) is 1.84. The minimum atomic E-state index is -0.0972. The first-order valence-corrected chi connectivity index (χ1v) is 3.01. The number of Topliss-reactive ketones (excluding diaryl/α,β-unsaturated/α-hetero) is 1. The summed E-state index contributed by atoms with van der Waals surface area (Å²) < 4.78 is 0. The number of hydrogen-bond acceptors (Lipinski definition) is 1. The van der Waals surface area contributed by atoms with E-state index >= 15 is 0 Å². The van der Waals surface area contributed by atoms with Gasteiger partial charge >= 0.3 is 0 Å². The molecule has 0 amide bonds. The zero-order valence-electron chi connectivity index (χ0n) is 6.12. The number of ketones is 1. The molecule has 0 rings (SSSR count). The minimum Gasteiger partial charge on any atom is -0.299 e. The summed E-state index contributed by atoms with van der Waals surface area (Å²) in [6, 6.07) is 0. The quantitative estimate of drug-likeness (QED) is 0.536. The summed E-state index contributed by atoms with van der Waals surface area (Å²) >= 11 is 0. The summed E-state index contributed by atoms with van der Waals surface area (Å²) in [7, 11) is 0. The molecule has 0 N–H and O–H groups in total. The number of rotatable bonds is 2. The summed E-state index contributed by atoms with van der Waals surface area (Å²) in [5.41, 5.74) is -0.0972. The van der Waals surface area contributed by atoms with Crippen LogP contribution in [0.2, 0.25) is 0 Å². The fourth-order valence-corrected chi connectivity index (χ4v) is 0.249. The molecule has 0 saturated heterocycles. The highest BCUT2D eigenvalue weighted by Crippen LogP contribution is 2.19. The van der Waals surface area contributed by atoms with Gasteiger partial charge in [0.05, 0.1) is 0 Å². The van der Waals surface area contributed by atoms with Crippen molar-refractivity contribution in [3.63, 3.8) is 0 Å². The smallest absolute Gasteiger partial charge is 0.135 e. The van der Waals surface area contributed by atoms with Gasteiger partial charge in [0.15, 0.2) is 0 Å². The Morgan fingerprint density at radius 1 is 1.50 bits per heavy atom. The van der Waals surface area contributed by atoms with E-state index in [1.165, 1.54) is 0 Å². The molecule has 48 valence electrons. The maximum absolute atomic E-state index is 10.7. The van der Waals surface area contributed by atoms with Gasteiger partial charge in [-0.3, -0.25) is 4.79 Å². The van der Waals surface area contributed by atoms with Crippen LogP contribution in [0.3, 0.4) is 0 Å². The Balaban J connectivity index is 3.91. The van der Waals surface area contributed by atoms with E-state index in [1.807, 2.05) is 20.8 Å². The maximum Gasteiger partial charge on any atom is 0.135 e. The normalized spacial score (nSPS) is 11.5. The fraction of sp³-hybridized carbons (Fsp3) is 0.857. The van der Waals surface area contributed by atoms with E-state index in [2.05, 4.69) is 0 Å². The van der Waals surface area contributed by atoms with Gasteiger partial charge in [-0.15, -0.1) is 0 Å². The molecule has 0 aromatic rings. The molecule has 0 heterocycles. The molecule has 0 radical (unpaired) electrons. The molecule has 1 heteroatoms. The average molecular weight is 114 g/mol. The Kier molecular flexibility index (Phi) is 2.20. The van der Waals surface area contributed by atoms with E-state index in [9.17, 15) is 4.79 Å². The molecule has 0 aromatic heterocycles. The molecule has 0 unspecified atom stereocenters. The summed E-state index contributed by atoms with van der Waals surface area (Å²) in [6.07, 6.45) is 0.933. The van der Waals surface area contributed by atoms with Crippen molar-refractivity contribution in [1.29, 1.82) is 0 Å². The van der Waals surface area contributed by atoms with E-state index in [-0.39, 0.29) is 11.2 Å². The van der Waals surface area contributed by atoms with E-state index in [0.717, 1.165) is 6.42 Å². The minimum absolute atomic E-state index is 0.0972. The molecule has 0 spiro atoms. The van der Waals surface area contributed by atoms with Gasteiger partial charge in [0, 0.05) is 5.41 Å². The third kappa shape index (κ3) is 1.65. The van der Waals surface area contributed by atoms with E-state index in [0.29, 0.717) is 0 Å². The molecule has 0 saturated carbocycles. The lowest BCUT2D eigenvalue weighted by molar-refractivity contribution is -0.124. The molecule has 0 aromatic carbocycles. The highest BCUT2D eigenvalue weighted by Gasteiger charge is 2.19. The Morgan fingerprint density at radius 2 is 1.88 bits per heavy atom. The predicted molar refractivity (Wildman–Crippen MR) is 34.8 cm³/mol. The van der Waals surface area contributed by atoms with Gasteiger partial charge in [0.2, 0.25) is 0 Å². The van der Waals surface area contributed by atoms with E-state index in [4.69, 9.17) is 0 Å². The van der Waals surface area contributed by atoms with Crippen LogP contribution in [-0.2, 0) is 4.79 Å². The van der Waals surface area contributed by atoms with Gasteiger partial charge in [0.25, 0.3) is 0 Å². The van der Waals surface area contributed by atoms with Crippen LogP contribution in [0.25, 0.3) is 0 Å². The van der Waals surface area contributed by atoms with Crippen LogP contribution in [-0.4, -0.2) is 5.78 Å². The van der Waals surface area contributed by atoms with Crippen molar-refractivity contribution in [3.8, 4) is 0 Å². The molecule has 0 aliphatic carbocycles. The van der Waals surface area contributed by atoms with Crippen LogP contribution < -0.4 is 0 Å². The molecular formula is C7H14O. The van der Waals surface area contributed by atoms with Crippen molar-refractivity contribution in [2.75, 3.05) is 0 Å². The second-order valence-corrected chi connectivity index (χ2v) is 2.79. The van der Waals surface area contributed by atoms with Gasteiger partial charge in [-0.05, 0) is 13.3 Å². The van der Waals surface area contributed by atoms with Crippen LogP contribution in [0.15, 0.2) is 0 Å². The van der Waals surface area contributed by atoms with Crippen molar-refractivity contribution >= 4 is 5.78 Å². The van der Waals surface area contributed by atoms with Gasteiger partial charge in [-0.1, -0.05) is 20.8 Å². The van der Waals surface area contributed by atoms with Crippen molar-refractivity contribution in [1.82, 2.24) is 0 Å². The highest BCUT2D eigenvalue weighted by molar-refractivity contribution is 5.81. The van der Waals surface area contributed by atoms with Crippen LogP contribution >= 0.6 is 0 Å². The summed E-state index contributed by atoms with van der Waals surface area (Å²) in [6.45, 7) is 7.61. The molecule has 0 fully saturated rings. The monoisotopic (exact) mass is 114 g/mol. The first kappa shape index (κ1) is 7.67. The van der Waals surface area contributed by atoms with Crippen LogP contribution in [0.4, 0.5) is 0 Å². The summed E-state index contributed by atoms with van der Waals surface area (Å²) in [4.78, 5) is 10.7. The number of carbonyl (C=O) groups excluding carboxylic acids is 1. The van der Waals surface area contributed by atoms with Crippen LogP contribution in [0.1, 0.15) is 34.1 Å². The van der Waals surface area contributed by atoms with E-state index < -0.39 is 0 Å². The Bertz CT molecular complexity index is 92.6. The molecular weight excluding hydrogens is 100 g/mol. The third-order valence-electron chi connectivity index (χ3n) is 1.84. The van der Waals surface area contributed by atoms with Gasteiger partial charge < -0.3 is 0 Å². The topological polar surface area (TPSA) is 17.1 Å². The number of hydrogen-bond donors (Lipinski definition) is 0. The second-order valence-electron chi connectivity index (χ2n) is 2.79. The molecule has 0 aliphatic rings. The molecule has 0 aliphatic heterocycles. The van der Waals surface area contributed by atoms with Gasteiger partial charge in [-0.25, -0.2) is 0 Å². The van der Waals surface area contributed by atoms with Crippen LogP contribution in [0, 0.1) is 5.41 Å². The van der Waals surface area contributed by atoms with Crippen molar-refractivity contribution in [2.24, 2.45) is 5.41 Å².